The van der Waals surface area contributed by atoms with Gasteiger partial charge in [0.1, 0.15) is 0 Å². The molecule has 1 aliphatic rings. The van der Waals surface area contributed by atoms with Gasteiger partial charge in [0, 0.05) is 0 Å². The summed E-state index contributed by atoms with van der Waals surface area (Å²) >= 11 is 3.33. The van der Waals surface area contributed by atoms with Gasteiger partial charge in [0.05, 0.1) is 24.3 Å². The van der Waals surface area contributed by atoms with Crippen molar-refractivity contribution in [2.45, 2.75) is 46.6 Å². The first-order valence-corrected chi connectivity index (χ1v) is 7.87. The van der Waals surface area contributed by atoms with Gasteiger partial charge in [0.25, 0.3) is 0 Å². The van der Waals surface area contributed by atoms with Gasteiger partial charge >= 0.3 is 0 Å². The molecule has 0 N–H and O–H groups in total. The third kappa shape index (κ3) is 4.19. The molecule has 0 radical (unpaired) electrons. The highest BCUT2D eigenvalue weighted by atomic mass is 79.9. The molecule has 0 amide bonds. The van der Waals surface area contributed by atoms with Crippen LogP contribution in [0.15, 0.2) is 16.6 Å². The fourth-order valence-corrected chi connectivity index (χ4v) is 2.84. The molecule has 1 saturated heterocycles. The maximum atomic E-state index is 13.8. The Morgan fingerprint density at radius 1 is 1.35 bits per heavy atom. The van der Waals surface area contributed by atoms with Crippen LogP contribution in [0.3, 0.4) is 0 Å². The van der Waals surface area contributed by atoms with Crippen LogP contribution in [-0.4, -0.2) is 13.7 Å². The molecule has 1 heterocycles. The van der Waals surface area contributed by atoms with E-state index < -0.39 is 0 Å². The van der Waals surface area contributed by atoms with Gasteiger partial charge in [-0.1, -0.05) is 27.7 Å². The summed E-state index contributed by atoms with van der Waals surface area (Å²) in [6.45, 7) is 9.09. The number of hydrogen-bond acceptors (Lipinski definition) is 2. The number of halogens is 2. The van der Waals surface area contributed by atoms with Crippen LogP contribution in [0, 0.1) is 11.2 Å². The average molecular weight is 347 g/mol. The van der Waals surface area contributed by atoms with E-state index in [1.807, 2.05) is 19.9 Å². The molecule has 1 fully saturated rings. The van der Waals surface area contributed by atoms with Crippen LogP contribution in [0.5, 0.6) is 5.75 Å². The standard InChI is InChI=1S/C14H18BrFO2.C2H6/c1-14(2)5-4-12(18-8-14)9-6-10(15)13(17-3)11(16)7-9;1-2/h6-7,12H,4-5,8H2,1-3H3;1-2H3. The van der Waals surface area contributed by atoms with Gasteiger partial charge < -0.3 is 9.47 Å². The van der Waals surface area contributed by atoms with E-state index in [1.54, 1.807) is 0 Å². The van der Waals surface area contributed by atoms with Crippen LogP contribution in [-0.2, 0) is 4.74 Å². The van der Waals surface area contributed by atoms with E-state index >= 15 is 0 Å². The maximum absolute atomic E-state index is 13.8. The SMILES string of the molecule is CC.COc1c(F)cc(C2CCC(C)(C)CO2)cc1Br. The molecule has 1 aromatic rings. The fourth-order valence-electron chi connectivity index (χ4n) is 2.23. The van der Waals surface area contributed by atoms with E-state index in [4.69, 9.17) is 9.47 Å². The van der Waals surface area contributed by atoms with Crippen LogP contribution in [0.2, 0.25) is 0 Å². The first kappa shape index (κ1) is 17.4. The topological polar surface area (TPSA) is 18.5 Å². The van der Waals surface area contributed by atoms with Crippen molar-refractivity contribution in [3.63, 3.8) is 0 Å². The van der Waals surface area contributed by atoms with E-state index in [2.05, 4.69) is 29.8 Å². The Bertz CT molecular complexity index is 413. The zero-order chi connectivity index (χ0) is 15.3. The molecule has 20 heavy (non-hydrogen) atoms. The predicted octanol–water partition coefficient (Wildman–Crippen LogP) is 5.50. The van der Waals surface area contributed by atoms with Crippen LogP contribution < -0.4 is 4.74 Å². The molecule has 1 unspecified atom stereocenters. The highest BCUT2D eigenvalue weighted by Crippen LogP contribution is 2.39. The van der Waals surface area contributed by atoms with E-state index in [-0.39, 0.29) is 23.1 Å². The molecule has 4 heteroatoms. The summed E-state index contributed by atoms with van der Waals surface area (Å²) in [5, 5.41) is 0. The van der Waals surface area contributed by atoms with Crippen molar-refractivity contribution in [2.24, 2.45) is 5.41 Å². The Morgan fingerprint density at radius 2 is 2.00 bits per heavy atom. The Labute approximate surface area is 129 Å². The highest BCUT2D eigenvalue weighted by Gasteiger charge is 2.29. The first-order valence-electron chi connectivity index (χ1n) is 7.07. The third-order valence-corrected chi connectivity index (χ3v) is 3.94. The zero-order valence-electron chi connectivity index (χ0n) is 12.9. The number of benzene rings is 1. The van der Waals surface area contributed by atoms with Gasteiger partial charge in [-0.3, -0.25) is 0 Å². The lowest BCUT2D eigenvalue weighted by Gasteiger charge is -2.34. The number of methoxy groups -OCH3 is 1. The zero-order valence-corrected chi connectivity index (χ0v) is 14.5. The molecular weight excluding hydrogens is 323 g/mol. The van der Waals surface area contributed by atoms with Crippen molar-refractivity contribution in [3.8, 4) is 5.75 Å². The molecule has 0 aromatic heterocycles. The summed E-state index contributed by atoms with van der Waals surface area (Å²) in [6, 6.07) is 3.39. The molecule has 1 atom stereocenters. The summed E-state index contributed by atoms with van der Waals surface area (Å²) in [6.07, 6.45) is 1.99. The molecule has 0 aliphatic carbocycles. The molecule has 2 rings (SSSR count). The summed E-state index contributed by atoms with van der Waals surface area (Å²) in [5.41, 5.74) is 1.09. The normalized spacial score (nSPS) is 20.9. The second-order valence-corrected chi connectivity index (χ2v) is 6.37. The van der Waals surface area contributed by atoms with Gasteiger partial charge in [0.2, 0.25) is 0 Å². The Kier molecular flexibility index (Phi) is 6.46. The second-order valence-electron chi connectivity index (χ2n) is 5.52. The molecule has 2 nitrogen and oxygen atoms in total. The lowest BCUT2D eigenvalue weighted by molar-refractivity contribution is -0.0499. The van der Waals surface area contributed by atoms with E-state index in [0.717, 1.165) is 18.4 Å². The minimum atomic E-state index is -0.352. The molecule has 0 spiro atoms. The van der Waals surface area contributed by atoms with Crippen molar-refractivity contribution in [3.05, 3.63) is 28.0 Å². The molecule has 0 bridgehead atoms. The van der Waals surface area contributed by atoms with Crippen LogP contribution in [0.1, 0.15) is 52.2 Å². The molecular formula is C16H24BrFO2. The molecule has 1 aliphatic heterocycles. The fraction of sp³-hybridized carbons (Fsp3) is 0.625. The van der Waals surface area contributed by atoms with Crippen LogP contribution in [0.25, 0.3) is 0 Å². The van der Waals surface area contributed by atoms with Gasteiger partial charge in [0.15, 0.2) is 11.6 Å². The molecule has 114 valence electrons. The molecule has 0 saturated carbocycles. The van der Waals surface area contributed by atoms with E-state index in [1.165, 1.54) is 13.2 Å². The average Bonchev–Trinajstić information content (AvgIpc) is 2.40. The van der Waals surface area contributed by atoms with Crippen molar-refractivity contribution >= 4 is 15.9 Å². The van der Waals surface area contributed by atoms with E-state index in [9.17, 15) is 4.39 Å². The smallest absolute Gasteiger partial charge is 0.168 e. The highest BCUT2D eigenvalue weighted by molar-refractivity contribution is 9.10. The van der Waals surface area contributed by atoms with Crippen LogP contribution in [0.4, 0.5) is 4.39 Å². The Hall–Kier alpha value is -0.610. The third-order valence-electron chi connectivity index (χ3n) is 3.36. The Balaban J connectivity index is 0.000000956. The number of rotatable bonds is 2. The van der Waals surface area contributed by atoms with Crippen molar-refractivity contribution in [1.82, 2.24) is 0 Å². The van der Waals surface area contributed by atoms with Gasteiger partial charge in [-0.2, -0.15) is 0 Å². The van der Waals surface area contributed by atoms with Crippen molar-refractivity contribution in [2.75, 3.05) is 13.7 Å². The summed E-state index contributed by atoms with van der Waals surface area (Å²) in [7, 11) is 1.46. The minimum absolute atomic E-state index is 0.0188. The Morgan fingerprint density at radius 3 is 2.45 bits per heavy atom. The van der Waals surface area contributed by atoms with Gasteiger partial charge in [-0.15, -0.1) is 0 Å². The lowest BCUT2D eigenvalue weighted by Crippen LogP contribution is -2.27. The number of ether oxygens (including phenoxy) is 2. The largest absolute Gasteiger partial charge is 0.492 e. The van der Waals surface area contributed by atoms with Crippen LogP contribution >= 0.6 is 15.9 Å². The second kappa shape index (κ2) is 7.41. The lowest BCUT2D eigenvalue weighted by atomic mass is 9.84. The van der Waals surface area contributed by atoms with Gasteiger partial charge in [-0.25, -0.2) is 4.39 Å². The van der Waals surface area contributed by atoms with Gasteiger partial charge in [-0.05, 0) is 51.9 Å². The summed E-state index contributed by atoms with van der Waals surface area (Å²) < 4.78 is 25.3. The summed E-state index contributed by atoms with van der Waals surface area (Å²) in [5.74, 6) is -0.106. The monoisotopic (exact) mass is 346 g/mol. The van der Waals surface area contributed by atoms with Crippen molar-refractivity contribution in [1.29, 1.82) is 0 Å². The quantitative estimate of drug-likeness (QED) is 0.703. The number of hydrogen-bond donors (Lipinski definition) is 0. The minimum Gasteiger partial charge on any atom is -0.492 e. The molecule has 1 aromatic carbocycles. The van der Waals surface area contributed by atoms with Crippen molar-refractivity contribution < 1.29 is 13.9 Å². The first-order chi connectivity index (χ1) is 9.43. The van der Waals surface area contributed by atoms with E-state index in [0.29, 0.717) is 11.1 Å². The maximum Gasteiger partial charge on any atom is 0.168 e. The summed E-state index contributed by atoms with van der Waals surface area (Å²) in [4.78, 5) is 0. The predicted molar refractivity (Wildman–Crippen MR) is 83.7 cm³/mol.